The zero-order valence-electron chi connectivity index (χ0n) is 13.1. The molecule has 2 bridgehead atoms. The van der Waals surface area contributed by atoms with E-state index in [4.69, 9.17) is 4.74 Å². The van der Waals surface area contributed by atoms with Gasteiger partial charge in [0.2, 0.25) is 0 Å². The van der Waals surface area contributed by atoms with Crippen molar-refractivity contribution in [2.45, 2.75) is 52.1 Å². The Labute approximate surface area is 126 Å². The van der Waals surface area contributed by atoms with Crippen LogP contribution in [0, 0.1) is 16.7 Å². The molecule has 1 aromatic carbocycles. The predicted molar refractivity (Wildman–Crippen MR) is 82.5 cm³/mol. The van der Waals surface area contributed by atoms with E-state index < -0.39 is 0 Å². The van der Waals surface area contributed by atoms with Crippen molar-refractivity contribution in [3.05, 3.63) is 23.8 Å². The maximum absolute atomic E-state index is 9.58. The number of rotatable bonds is 2. The summed E-state index contributed by atoms with van der Waals surface area (Å²) in [5.41, 5.74) is 1.97. The normalized spacial score (nSPS) is 39.3. The van der Waals surface area contributed by atoms with Gasteiger partial charge in [0.1, 0.15) is 18.1 Å². The lowest BCUT2D eigenvalue weighted by molar-refractivity contribution is 0.0945. The van der Waals surface area contributed by atoms with E-state index in [1.165, 1.54) is 24.8 Å². The molecule has 1 heterocycles. The summed E-state index contributed by atoms with van der Waals surface area (Å²) >= 11 is 0. The molecule has 21 heavy (non-hydrogen) atoms. The van der Waals surface area contributed by atoms with Crippen LogP contribution < -0.4 is 10.1 Å². The monoisotopic (exact) mass is 287 g/mol. The number of nitrogens with one attached hydrogen (secondary N) is 1. The van der Waals surface area contributed by atoms with Gasteiger partial charge in [-0.05, 0) is 48.1 Å². The van der Waals surface area contributed by atoms with Gasteiger partial charge in [0.05, 0.1) is 6.04 Å². The molecule has 0 amide bonds. The molecular formula is C18H25NO2. The Balaban J connectivity index is 1.61. The topological polar surface area (TPSA) is 41.5 Å². The molecule has 4 rings (SSSR count). The quantitative estimate of drug-likeness (QED) is 0.872. The lowest BCUT2D eigenvalue weighted by Gasteiger charge is -2.44. The first kappa shape index (κ1) is 13.4. The summed E-state index contributed by atoms with van der Waals surface area (Å²) < 4.78 is 5.76. The average molecular weight is 287 g/mol. The summed E-state index contributed by atoms with van der Waals surface area (Å²) in [7, 11) is 0. The Morgan fingerprint density at radius 2 is 2.10 bits per heavy atom. The second-order valence-corrected chi connectivity index (χ2v) is 8.10. The van der Waals surface area contributed by atoms with Crippen molar-refractivity contribution < 1.29 is 9.84 Å². The fourth-order valence-electron chi connectivity index (χ4n) is 5.26. The van der Waals surface area contributed by atoms with E-state index in [2.05, 4.69) is 26.1 Å². The molecule has 0 aromatic heterocycles. The molecular weight excluding hydrogens is 262 g/mol. The molecule has 2 N–H and O–H groups in total. The van der Waals surface area contributed by atoms with E-state index in [-0.39, 0.29) is 11.8 Å². The molecule has 0 saturated heterocycles. The standard InChI is InChI=1S/C18H25NO2/c1-17(2)11-6-7-18(3,9-11)16(17)19-14-10-21-15-8-12(20)4-5-13(14)15/h4-5,8,11,14,16,19-20H,6-7,9-10H2,1-3H3. The fourth-order valence-corrected chi connectivity index (χ4v) is 5.26. The van der Waals surface area contributed by atoms with Crippen LogP contribution in [0.4, 0.5) is 0 Å². The van der Waals surface area contributed by atoms with Crippen LogP contribution in [-0.4, -0.2) is 17.8 Å². The van der Waals surface area contributed by atoms with Crippen LogP contribution in [0.5, 0.6) is 11.5 Å². The minimum Gasteiger partial charge on any atom is -0.508 e. The van der Waals surface area contributed by atoms with Gasteiger partial charge in [-0.15, -0.1) is 0 Å². The first-order valence-corrected chi connectivity index (χ1v) is 8.12. The number of aromatic hydroxyl groups is 1. The van der Waals surface area contributed by atoms with Crippen LogP contribution in [0.3, 0.4) is 0 Å². The zero-order valence-corrected chi connectivity index (χ0v) is 13.1. The highest BCUT2D eigenvalue weighted by Gasteiger charge is 2.59. The van der Waals surface area contributed by atoms with Gasteiger partial charge in [0, 0.05) is 17.7 Å². The Morgan fingerprint density at radius 1 is 1.29 bits per heavy atom. The summed E-state index contributed by atoms with van der Waals surface area (Å²) in [5.74, 6) is 1.96. The molecule has 2 aliphatic carbocycles. The second-order valence-electron chi connectivity index (χ2n) is 8.10. The largest absolute Gasteiger partial charge is 0.508 e. The number of phenols is 1. The van der Waals surface area contributed by atoms with Crippen LogP contribution in [0.25, 0.3) is 0 Å². The summed E-state index contributed by atoms with van der Waals surface area (Å²) in [5, 5.41) is 13.5. The van der Waals surface area contributed by atoms with Gasteiger partial charge in [0.25, 0.3) is 0 Å². The zero-order chi connectivity index (χ0) is 14.8. The average Bonchev–Trinajstić information content (AvgIpc) is 3.04. The molecule has 2 saturated carbocycles. The highest BCUT2D eigenvalue weighted by atomic mass is 16.5. The maximum atomic E-state index is 9.58. The minimum absolute atomic E-state index is 0.251. The molecule has 2 fully saturated rings. The summed E-state index contributed by atoms with van der Waals surface area (Å²) in [6.45, 7) is 7.97. The predicted octanol–water partition coefficient (Wildman–Crippen LogP) is 3.63. The van der Waals surface area contributed by atoms with E-state index in [9.17, 15) is 5.11 Å². The number of hydrogen-bond acceptors (Lipinski definition) is 3. The van der Waals surface area contributed by atoms with Crippen molar-refractivity contribution in [2.24, 2.45) is 16.7 Å². The van der Waals surface area contributed by atoms with Gasteiger partial charge in [0.15, 0.2) is 0 Å². The Hall–Kier alpha value is -1.22. The molecule has 3 heteroatoms. The first-order chi connectivity index (χ1) is 9.90. The SMILES string of the molecule is CC12CCC(C1)C(C)(C)C2NC1COc2cc(O)ccc21. The molecule has 114 valence electrons. The number of hydrogen-bond donors (Lipinski definition) is 2. The van der Waals surface area contributed by atoms with E-state index in [0.717, 1.165) is 11.7 Å². The molecule has 3 nitrogen and oxygen atoms in total. The van der Waals surface area contributed by atoms with E-state index in [1.807, 2.05) is 6.07 Å². The molecule has 4 unspecified atom stereocenters. The Bertz CT molecular complexity index is 578. The number of ether oxygens (including phenoxy) is 1. The number of fused-ring (bicyclic) bond motifs is 3. The van der Waals surface area contributed by atoms with E-state index >= 15 is 0 Å². The molecule has 1 aromatic rings. The van der Waals surface area contributed by atoms with Gasteiger partial charge in [-0.25, -0.2) is 0 Å². The van der Waals surface area contributed by atoms with Crippen molar-refractivity contribution in [1.29, 1.82) is 0 Å². The van der Waals surface area contributed by atoms with Gasteiger partial charge < -0.3 is 15.2 Å². The Morgan fingerprint density at radius 3 is 2.81 bits per heavy atom. The smallest absolute Gasteiger partial charge is 0.127 e. The van der Waals surface area contributed by atoms with Crippen molar-refractivity contribution in [1.82, 2.24) is 5.32 Å². The summed E-state index contributed by atoms with van der Waals surface area (Å²) in [4.78, 5) is 0. The van der Waals surface area contributed by atoms with E-state index in [1.54, 1.807) is 12.1 Å². The fraction of sp³-hybridized carbons (Fsp3) is 0.667. The van der Waals surface area contributed by atoms with Crippen molar-refractivity contribution in [2.75, 3.05) is 6.61 Å². The van der Waals surface area contributed by atoms with Gasteiger partial charge in [-0.1, -0.05) is 20.8 Å². The van der Waals surface area contributed by atoms with Gasteiger partial charge in [-0.2, -0.15) is 0 Å². The van der Waals surface area contributed by atoms with Crippen LogP contribution in [0.2, 0.25) is 0 Å². The van der Waals surface area contributed by atoms with Gasteiger partial charge >= 0.3 is 0 Å². The molecule has 4 atom stereocenters. The molecule has 3 aliphatic rings. The summed E-state index contributed by atoms with van der Waals surface area (Å²) in [6.07, 6.45) is 4.08. The second kappa shape index (κ2) is 4.16. The molecule has 1 aliphatic heterocycles. The molecule has 0 spiro atoms. The van der Waals surface area contributed by atoms with E-state index in [0.29, 0.717) is 23.5 Å². The number of phenolic OH excluding ortho intramolecular Hbond substituents is 1. The first-order valence-electron chi connectivity index (χ1n) is 8.12. The lowest BCUT2D eigenvalue weighted by Crippen LogP contribution is -2.51. The molecule has 0 radical (unpaired) electrons. The van der Waals surface area contributed by atoms with Crippen LogP contribution in [0.15, 0.2) is 18.2 Å². The Kier molecular flexibility index (Phi) is 2.66. The van der Waals surface area contributed by atoms with Crippen LogP contribution in [0.1, 0.15) is 51.6 Å². The third-order valence-corrected chi connectivity index (χ3v) is 6.42. The van der Waals surface area contributed by atoms with Crippen molar-refractivity contribution in [3.63, 3.8) is 0 Å². The highest BCUT2D eigenvalue weighted by Crippen LogP contribution is 2.62. The van der Waals surface area contributed by atoms with Crippen molar-refractivity contribution >= 4 is 0 Å². The third kappa shape index (κ3) is 1.83. The van der Waals surface area contributed by atoms with Crippen molar-refractivity contribution in [3.8, 4) is 11.5 Å². The van der Waals surface area contributed by atoms with Crippen LogP contribution >= 0.6 is 0 Å². The lowest BCUT2D eigenvalue weighted by atomic mass is 9.68. The number of benzene rings is 1. The summed E-state index contributed by atoms with van der Waals surface area (Å²) in [6, 6.07) is 6.27. The minimum atomic E-state index is 0.251. The third-order valence-electron chi connectivity index (χ3n) is 6.42. The van der Waals surface area contributed by atoms with Crippen LogP contribution in [-0.2, 0) is 0 Å². The maximum Gasteiger partial charge on any atom is 0.127 e. The highest BCUT2D eigenvalue weighted by molar-refractivity contribution is 5.44. The van der Waals surface area contributed by atoms with Gasteiger partial charge in [-0.3, -0.25) is 0 Å².